The van der Waals surface area contributed by atoms with Crippen LogP contribution in [-0.2, 0) is 20.4 Å². The van der Waals surface area contributed by atoms with Crippen LogP contribution in [0.4, 0.5) is 14.9 Å². The van der Waals surface area contributed by atoms with Crippen molar-refractivity contribution >= 4 is 43.8 Å². The number of aromatic carboxylic acids is 1. The van der Waals surface area contributed by atoms with E-state index in [1.807, 2.05) is 0 Å². The lowest BCUT2D eigenvalue weighted by atomic mass is 9.92. The first-order valence-corrected chi connectivity index (χ1v) is 17.8. The molecule has 0 radical (unpaired) electrons. The molecule has 3 aromatic rings. The van der Waals surface area contributed by atoms with Crippen LogP contribution in [0.2, 0.25) is 0 Å². The number of fused-ring (bicyclic) bond motifs is 2. The average Bonchev–Trinajstić information content (AvgIpc) is 3.52. The van der Waals surface area contributed by atoms with E-state index in [4.69, 9.17) is 9.47 Å². The molecule has 4 heterocycles. The van der Waals surface area contributed by atoms with Crippen molar-refractivity contribution in [1.29, 1.82) is 0 Å². The third kappa shape index (κ3) is 5.62. The Balaban J connectivity index is 1.37. The van der Waals surface area contributed by atoms with Gasteiger partial charge in [0.25, 0.3) is 0 Å². The molecule has 2 aliphatic heterocycles. The molecule has 47 heavy (non-hydrogen) atoms. The summed E-state index contributed by atoms with van der Waals surface area (Å²) in [5, 5.41) is 5.88. The number of hydrogen-bond donors (Lipinski definition) is 5. The summed E-state index contributed by atoms with van der Waals surface area (Å²) in [6.45, 7) is -0.911. The molecule has 5 N–H and O–H groups in total. The maximum atomic E-state index is 16.0. The molecule has 3 aliphatic rings. The predicted molar refractivity (Wildman–Crippen MR) is 161 cm³/mol. The van der Waals surface area contributed by atoms with Crippen molar-refractivity contribution in [3.63, 3.8) is 0 Å². The molecule has 254 valence electrons. The lowest BCUT2D eigenvalue weighted by Crippen LogP contribution is -2.51. The Hall–Kier alpha value is -3.79. The van der Waals surface area contributed by atoms with Gasteiger partial charge in [-0.05, 0) is 37.7 Å². The molecular formula is C27H32FN5O12P2. The van der Waals surface area contributed by atoms with Crippen LogP contribution in [0.15, 0.2) is 35.8 Å². The van der Waals surface area contributed by atoms with Crippen LogP contribution in [0, 0.1) is 11.7 Å². The van der Waals surface area contributed by atoms with E-state index >= 15 is 4.39 Å². The normalized spacial score (nSPS) is 20.4. The monoisotopic (exact) mass is 699 g/mol. The fraction of sp³-hybridized carbons (Fsp3) is 0.481. The zero-order valence-corrected chi connectivity index (χ0v) is 26.7. The van der Waals surface area contributed by atoms with Crippen molar-refractivity contribution < 1.29 is 57.3 Å². The van der Waals surface area contributed by atoms with Crippen LogP contribution in [0.3, 0.4) is 0 Å². The quantitative estimate of drug-likeness (QED) is 0.201. The number of carboxylic acid groups (broad SMARTS) is 1. The molecule has 1 aliphatic carbocycles. The average molecular weight is 700 g/mol. The number of aromatic nitrogens is 3. The summed E-state index contributed by atoms with van der Waals surface area (Å²) in [4.78, 5) is 85.6. The van der Waals surface area contributed by atoms with Gasteiger partial charge in [-0.3, -0.25) is 13.9 Å². The molecule has 17 nitrogen and oxygen atoms in total. The zero-order chi connectivity index (χ0) is 34.1. The maximum Gasteiger partial charge on any atom is 0.412 e. The van der Waals surface area contributed by atoms with Crippen LogP contribution in [0.1, 0.15) is 42.1 Å². The van der Waals surface area contributed by atoms with Gasteiger partial charge >= 0.3 is 32.3 Å². The highest BCUT2D eigenvalue weighted by Crippen LogP contribution is 2.70. The van der Waals surface area contributed by atoms with E-state index in [1.165, 1.54) is 25.7 Å². The van der Waals surface area contributed by atoms with E-state index in [2.05, 4.69) is 4.98 Å². The number of piperidine rings is 1. The van der Waals surface area contributed by atoms with Crippen LogP contribution in [0.25, 0.3) is 10.9 Å². The minimum atomic E-state index is -5.85. The van der Waals surface area contributed by atoms with Gasteiger partial charge in [0, 0.05) is 44.3 Å². The van der Waals surface area contributed by atoms with E-state index in [0.717, 1.165) is 21.9 Å². The number of halogens is 1. The summed E-state index contributed by atoms with van der Waals surface area (Å²) in [5.74, 6) is -2.64. The van der Waals surface area contributed by atoms with E-state index in [9.17, 15) is 48.2 Å². The van der Waals surface area contributed by atoms with E-state index in [1.54, 1.807) is 9.47 Å². The third-order valence-electron chi connectivity index (χ3n) is 9.01. The highest BCUT2D eigenvalue weighted by molar-refractivity contribution is 7.72. The van der Waals surface area contributed by atoms with Crippen LogP contribution in [0.5, 0.6) is 5.75 Å². The molecule has 0 spiro atoms. The summed E-state index contributed by atoms with van der Waals surface area (Å²) in [7, 11) is -10.4. The molecule has 1 amide bonds. The van der Waals surface area contributed by atoms with E-state index in [0.29, 0.717) is 25.7 Å². The number of hydrogen-bond acceptors (Lipinski definition) is 9. The van der Waals surface area contributed by atoms with Crippen LogP contribution in [-0.4, -0.2) is 93.6 Å². The Morgan fingerprint density at radius 2 is 1.83 bits per heavy atom. The molecule has 0 bridgehead atoms. The minimum absolute atomic E-state index is 0.00365. The van der Waals surface area contributed by atoms with Gasteiger partial charge in [-0.2, -0.15) is 0 Å². The highest BCUT2D eigenvalue weighted by atomic mass is 31.2. The smallest absolute Gasteiger partial charge is 0.412 e. The molecular weight excluding hydrogens is 667 g/mol. The van der Waals surface area contributed by atoms with Crippen LogP contribution >= 0.6 is 15.2 Å². The highest BCUT2D eigenvalue weighted by Gasteiger charge is 2.65. The Kier molecular flexibility index (Phi) is 8.26. The largest absolute Gasteiger partial charge is 0.492 e. The number of anilines is 1. The van der Waals surface area contributed by atoms with Crippen molar-refractivity contribution in [2.75, 3.05) is 31.6 Å². The first kappa shape index (κ1) is 33.1. The lowest BCUT2D eigenvalue weighted by molar-refractivity contribution is 0.0225. The number of carbonyl (C=O) groups is 2. The number of likely N-dealkylation sites (tertiary alicyclic amines) is 1. The number of ether oxygens (including phenoxy) is 2. The van der Waals surface area contributed by atoms with Crippen LogP contribution < -0.4 is 15.1 Å². The van der Waals surface area contributed by atoms with Gasteiger partial charge in [0.05, 0.1) is 36.9 Å². The fourth-order valence-electron chi connectivity index (χ4n) is 6.64. The Morgan fingerprint density at radius 3 is 2.40 bits per heavy atom. The Morgan fingerprint density at radius 1 is 1.13 bits per heavy atom. The summed E-state index contributed by atoms with van der Waals surface area (Å²) in [6, 6.07) is 0.121. The zero-order valence-electron chi connectivity index (χ0n) is 24.9. The molecule has 3 fully saturated rings. The Labute approximate surface area is 265 Å². The van der Waals surface area contributed by atoms with Gasteiger partial charge in [-0.1, -0.05) is 0 Å². The molecule has 6 rings (SSSR count). The van der Waals surface area contributed by atoms with Gasteiger partial charge in [0.2, 0.25) is 5.43 Å². The number of carboxylic acids is 1. The standard InChI is InChI=1S/C27H32FN5O12P2/c1-44-24-21-17(23(34)18(25(35)36)11-33(21)16-4-5-16)9-19(28)22(24)31-10-15-3-2-7-32(20(15)12-31)26(37)45-27(46(38,39)40,47(41,42)43)13-30-8-6-29-14-30/h6,8-9,11,14-16,20H,2-5,7,10,12-13H2,1H3,(H,35,36)(H2,38,39,40)(H2,41,42,43)/t15-,20+/m1/s1. The molecule has 2 saturated heterocycles. The van der Waals surface area contributed by atoms with E-state index < -0.39 is 61.7 Å². The van der Waals surface area contributed by atoms with Crippen molar-refractivity contribution in [2.24, 2.45) is 5.92 Å². The van der Waals surface area contributed by atoms with Gasteiger partial charge in [-0.15, -0.1) is 0 Å². The molecule has 2 aromatic heterocycles. The number of methoxy groups -OCH3 is 1. The second-order valence-electron chi connectivity index (χ2n) is 12.0. The van der Waals surface area contributed by atoms with Gasteiger partial charge in [0.15, 0.2) is 11.6 Å². The Bertz CT molecular complexity index is 1880. The second kappa shape index (κ2) is 11.7. The molecule has 20 heteroatoms. The number of nitrogens with zero attached hydrogens (tertiary/aromatic N) is 5. The predicted octanol–water partition coefficient (Wildman–Crippen LogP) is 2.13. The summed E-state index contributed by atoms with van der Waals surface area (Å²) in [6.07, 6.45) is 5.70. The van der Waals surface area contributed by atoms with Gasteiger partial charge < -0.3 is 53.1 Å². The van der Waals surface area contributed by atoms with Gasteiger partial charge in [-0.25, -0.2) is 19.0 Å². The fourth-order valence-corrected chi connectivity index (χ4v) is 9.08. The second-order valence-corrected chi connectivity index (χ2v) is 15.9. The topological polar surface area (TPSA) is 234 Å². The number of imidazole rings is 1. The summed E-state index contributed by atoms with van der Waals surface area (Å²) >= 11 is 0. The summed E-state index contributed by atoms with van der Waals surface area (Å²) in [5.41, 5.74) is -1.18. The number of carbonyl (C=O) groups excluding carboxylic acids is 1. The van der Waals surface area contributed by atoms with Gasteiger partial charge in [0.1, 0.15) is 11.3 Å². The first-order chi connectivity index (χ1) is 22.1. The molecule has 1 saturated carbocycles. The maximum absolute atomic E-state index is 16.0. The minimum Gasteiger partial charge on any atom is -0.492 e. The van der Waals surface area contributed by atoms with Crippen molar-refractivity contribution in [3.05, 3.63) is 52.6 Å². The van der Waals surface area contributed by atoms with Crippen molar-refractivity contribution in [1.82, 2.24) is 19.0 Å². The molecule has 1 aromatic carbocycles. The molecule has 0 unspecified atom stereocenters. The number of benzene rings is 1. The van der Waals surface area contributed by atoms with E-state index in [-0.39, 0.29) is 53.9 Å². The number of rotatable bonds is 9. The van der Waals surface area contributed by atoms with Crippen molar-refractivity contribution in [3.8, 4) is 5.75 Å². The first-order valence-electron chi connectivity index (χ1n) is 14.6. The number of amides is 1. The SMILES string of the molecule is COc1c(N2C[C@H]3CCCN(C(=O)OC(Cn4ccnc4)(P(=O)(O)O)P(=O)(O)O)[C@H]3C2)c(F)cc2c(=O)c(C(=O)O)cn(C3CC3)c12. The lowest BCUT2D eigenvalue weighted by Gasteiger charge is -2.40. The summed E-state index contributed by atoms with van der Waals surface area (Å²) < 4.78 is 54.7. The third-order valence-corrected chi connectivity index (χ3v) is 12.9. The number of pyridine rings is 1. The molecule has 2 atom stereocenters. The van der Waals surface area contributed by atoms with Crippen molar-refractivity contribution in [2.45, 2.75) is 49.4 Å².